The summed E-state index contributed by atoms with van der Waals surface area (Å²) in [4.78, 5) is 85.4. The van der Waals surface area contributed by atoms with Gasteiger partial charge in [0, 0.05) is 42.7 Å². The Morgan fingerprint density at radius 1 is 1.09 bits per heavy atom. The Morgan fingerprint density at radius 3 is 2.27 bits per heavy atom. The summed E-state index contributed by atoms with van der Waals surface area (Å²) in [6.07, 6.45) is -0.421. The Labute approximate surface area is 264 Å². The molecule has 0 aliphatic carbocycles. The number of fused-ring (bicyclic) bond motifs is 1. The van der Waals surface area contributed by atoms with Gasteiger partial charge in [0.1, 0.15) is 22.8 Å². The summed E-state index contributed by atoms with van der Waals surface area (Å²) in [7, 11) is 0. The topological polar surface area (TPSA) is 215 Å². The molecule has 240 valence electrons. The van der Waals surface area contributed by atoms with Crippen molar-refractivity contribution >= 4 is 81.4 Å². The van der Waals surface area contributed by atoms with Gasteiger partial charge in [-0.15, -0.1) is 34.9 Å². The van der Waals surface area contributed by atoms with E-state index >= 15 is 0 Å². The largest absolute Gasteiger partial charge is 0.425 e. The molecule has 44 heavy (non-hydrogen) atoms. The Bertz CT molecular complexity index is 1360. The van der Waals surface area contributed by atoms with Gasteiger partial charge in [0.25, 0.3) is 11.8 Å². The summed E-state index contributed by atoms with van der Waals surface area (Å²) >= 11 is 3.59. The summed E-state index contributed by atoms with van der Waals surface area (Å²) in [6, 6.07) is -1.06. The molecular formula is C25H31N5O11S3. The highest BCUT2D eigenvalue weighted by Crippen LogP contribution is 2.43. The number of rotatable bonds is 14. The maximum atomic E-state index is 13.3. The first kappa shape index (κ1) is 34.6. The van der Waals surface area contributed by atoms with Crippen molar-refractivity contribution < 1.29 is 52.6 Å². The zero-order valence-electron chi connectivity index (χ0n) is 24.3. The standard InChI is InChI=1S/C25H31N5O11S3/c1-6-15(31)38-11(3)40-17(33)8-37-29-18(13-9-44-25(26)27-13)21(34)28-19-22(35)30-20(14(42-5)10-43-23(19)30)24(36)41-12(4)39-16(32)7-2/h9,11-12,19,23H,6-8,10H2,1-5H3,(H2,26,27)(H,28,34)/t11?,12?,19?,23-/m0/s1. The molecule has 0 radical (unpaired) electrons. The molecule has 1 aromatic rings. The van der Waals surface area contributed by atoms with E-state index in [1.54, 1.807) is 20.1 Å². The van der Waals surface area contributed by atoms with E-state index in [-0.39, 0.29) is 35.1 Å². The van der Waals surface area contributed by atoms with E-state index in [1.807, 2.05) is 0 Å². The van der Waals surface area contributed by atoms with Crippen LogP contribution in [0.3, 0.4) is 0 Å². The van der Waals surface area contributed by atoms with Crippen molar-refractivity contribution in [2.75, 3.05) is 24.3 Å². The molecule has 1 saturated heterocycles. The fourth-order valence-corrected chi connectivity index (χ4v) is 6.50. The predicted molar refractivity (Wildman–Crippen MR) is 158 cm³/mol. The summed E-state index contributed by atoms with van der Waals surface area (Å²) in [5.41, 5.74) is 5.35. The minimum Gasteiger partial charge on any atom is -0.425 e. The minimum absolute atomic E-state index is 0.00185. The number of β-lactam (4-membered cyclic amide) rings is 1. The SMILES string of the molecule is CCC(=O)OC(C)OC(=O)CON=C(C(=O)NC1C(=O)N2C(C(=O)OC(C)OC(=O)CC)=C(SC)CS[C@@H]12)c1csc(N)n1. The van der Waals surface area contributed by atoms with Crippen LogP contribution >= 0.6 is 34.9 Å². The molecule has 3 rings (SSSR count). The van der Waals surface area contributed by atoms with Crippen molar-refractivity contribution in [2.24, 2.45) is 5.16 Å². The Morgan fingerprint density at radius 2 is 1.70 bits per heavy atom. The number of nitrogens with zero attached hydrogens (tertiary/aromatic N) is 3. The fraction of sp³-hybridized carbons (Fsp3) is 0.520. The summed E-state index contributed by atoms with van der Waals surface area (Å²) in [5, 5.41) is 7.19. The van der Waals surface area contributed by atoms with Crippen LogP contribution in [0.4, 0.5) is 5.13 Å². The smallest absolute Gasteiger partial charge is 0.359 e. The van der Waals surface area contributed by atoms with Crippen LogP contribution in [0.5, 0.6) is 0 Å². The normalized spacial score (nSPS) is 19.2. The molecule has 0 bridgehead atoms. The average molecular weight is 674 g/mol. The number of esters is 4. The number of nitrogens with one attached hydrogen (secondary N) is 1. The fourth-order valence-electron chi connectivity index (χ4n) is 3.71. The van der Waals surface area contributed by atoms with E-state index in [1.165, 1.54) is 47.7 Å². The molecule has 16 nitrogen and oxygen atoms in total. The van der Waals surface area contributed by atoms with Gasteiger partial charge in [0.05, 0.1) is 0 Å². The van der Waals surface area contributed by atoms with Crippen molar-refractivity contribution in [2.45, 2.75) is 64.5 Å². The van der Waals surface area contributed by atoms with Crippen LogP contribution in [-0.4, -0.2) is 93.9 Å². The number of hydrogen-bond acceptors (Lipinski definition) is 17. The molecule has 3 unspecified atom stereocenters. The molecule has 0 spiro atoms. The van der Waals surface area contributed by atoms with E-state index in [2.05, 4.69) is 15.5 Å². The van der Waals surface area contributed by atoms with Gasteiger partial charge in [-0.05, 0) is 6.26 Å². The number of ether oxygens (including phenoxy) is 4. The number of carbonyl (C=O) groups is 6. The number of hydrogen-bond donors (Lipinski definition) is 2. The predicted octanol–water partition coefficient (Wildman–Crippen LogP) is 1.11. The van der Waals surface area contributed by atoms with Gasteiger partial charge in [0.2, 0.25) is 19.2 Å². The van der Waals surface area contributed by atoms with Crippen molar-refractivity contribution in [1.82, 2.24) is 15.2 Å². The van der Waals surface area contributed by atoms with E-state index < -0.39 is 66.3 Å². The zero-order valence-corrected chi connectivity index (χ0v) is 26.8. The van der Waals surface area contributed by atoms with Gasteiger partial charge >= 0.3 is 23.9 Å². The van der Waals surface area contributed by atoms with Crippen LogP contribution in [0.15, 0.2) is 21.1 Å². The second-order valence-corrected chi connectivity index (χ2v) is 11.7. The second kappa shape index (κ2) is 15.8. The van der Waals surface area contributed by atoms with Crippen LogP contribution < -0.4 is 11.1 Å². The van der Waals surface area contributed by atoms with Crippen LogP contribution in [0.1, 0.15) is 46.2 Å². The minimum atomic E-state index is -1.18. The highest BCUT2D eigenvalue weighted by molar-refractivity contribution is 8.05. The summed E-state index contributed by atoms with van der Waals surface area (Å²) in [5.74, 6) is -4.02. The van der Waals surface area contributed by atoms with E-state index in [0.717, 1.165) is 11.3 Å². The molecule has 2 amide bonds. The van der Waals surface area contributed by atoms with Gasteiger partial charge < -0.3 is 34.8 Å². The molecule has 3 N–H and O–H groups in total. The average Bonchev–Trinajstić information content (AvgIpc) is 3.41. The first-order valence-corrected chi connectivity index (χ1v) is 16.3. The molecule has 2 aliphatic rings. The summed E-state index contributed by atoms with van der Waals surface area (Å²) in [6.45, 7) is 5.17. The van der Waals surface area contributed by atoms with E-state index in [9.17, 15) is 28.8 Å². The number of thiazole rings is 1. The van der Waals surface area contributed by atoms with Gasteiger partial charge in [-0.25, -0.2) is 14.6 Å². The Kier molecular flexibility index (Phi) is 12.4. The molecular weight excluding hydrogens is 643 g/mol. The van der Waals surface area contributed by atoms with Crippen molar-refractivity contribution in [1.29, 1.82) is 0 Å². The van der Waals surface area contributed by atoms with Crippen LogP contribution in [0, 0.1) is 0 Å². The first-order valence-electron chi connectivity index (χ1n) is 13.1. The second-order valence-electron chi connectivity index (χ2n) is 8.84. The molecule has 1 fully saturated rings. The molecule has 0 aromatic carbocycles. The number of amides is 2. The van der Waals surface area contributed by atoms with E-state index in [4.69, 9.17) is 29.5 Å². The number of oxime groups is 1. The highest BCUT2D eigenvalue weighted by Gasteiger charge is 2.55. The number of anilines is 1. The third-order valence-corrected chi connectivity index (χ3v) is 8.69. The molecule has 0 saturated carbocycles. The van der Waals surface area contributed by atoms with E-state index in [0.29, 0.717) is 10.7 Å². The number of thioether (sulfide) groups is 2. The maximum Gasteiger partial charge on any atom is 0.359 e. The molecule has 2 aliphatic heterocycles. The highest BCUT2D eigenvalue weighted by atomic mass is 32.2. The maximum absolute atomic E-state index is 13.3. The van der Waals surface area contributed by atoms with Crippen LogP contribution in [-0.2, 0) is 52.6 Å². The van der Waals surface area contributed by atoms with Crippen LogP contribution in [0.2, 0.25) is 0 Å². The molecule has 3 heterocycles. The van der Waals surface area contributed by atoms with Crippen molar-refractivity contribution in [3.8, 4) is 0 Å². The lowest BCUT2D eigenvalue weighted by Crippen LogP contribution is -2.71. The lowest BCUT2D eigenvalue weighted by atomic mass is 10.0. The number of aromatic nitrogens is 1. The van der Waals surface area contributed by atoms with Gasteiger partial charge in [-0.2, -0.15) is 0 Å². The van der Waals surface area contributed by atoms with Gasteiger partial charge in [-0.3, -0.25) is 24.1 Å². The van der Waals surface area contributed by atoms with Gasteiger partial charge in [-0.1, -0.05) is 19.0 Å². The number of nitrogen functional groups attached to an aromatic ring is 1. The molecule has 19 heteroatoms. The third kappa shape index (κ3) is 8.63. The Hall–Kier alpha value is -3.84. The summed E-state index contributed by atoms with van der Waals surface area (Å²) < 4.78 is 20.0. The monoisotopic (exact) mass is 673 g/mol. The number of nitrogens with two attached hydrogens (primary N) is 1. The lowest BCUT2D eigenvalue weighted by Gasteiger charge is -2.49. The third-order valence-electron chi connectivity index (χ3n) is 5.72. The van der Waals surface area contributed by atoms with Crippen molar-refractivity contribution in [3.63, 3.8) is 0 Å². The Balaban J connectivity index is 1.70. The van der Waals surface area contributed by atoms with Gasteiger partial charge in [0.15, 0.2) is 10.8 Å². The molecule has 1 aromatic heterocycles. The first-order chi connectivity index (χ1) is 20.9. The lowest BCUT2D eigenvalue weighted by molar-refractivity contribution is -0.187. The zero-order chi connectivity index (χ0) is 32.6. The van der Waals surface area contributed by atoms with Crippen LogP contribution in [0.25, 0.3) is 0 Å². The molecule has 4 atom stereocenters. The van der Waals surface area contributed by atoms with Crippen molar-refractivity contribution in [3.05, 3.63) is 21.7 Å². The quantitative estimate of drug-likeness (QED) is 0.0930. The number of carbonyl (C=O) groups excluding carboxylic acids is 6.